The maximum atomic E-state index is 10.7. The Hall–Kier alpha value is -0.690. The number of aliphatic hydroxyl groups excluding tert-OH is 1. The number of carboxylic acids is 1. The van der Waals surface area contributed by atoms with Gasteiger partial charge in [0, 0.05) is 19.7 Å². The molecule has 6 heteroatoms. The summed E-state index contributed by atoms with van der Waals surface area (Å²) in [6.07, 6.45) is 1.30. The van der Waals surface area contributed by atoms with Gasteiger partial charge in [0.25, 0.3) is 0 Å². The predicted molar refractivity (Wildman–Crippen MR) is 65.5 cm³/mol. The monoisotopic (exact) mass is 261 g/mol. The quantitative estimate of drug-likeness (QED) is 0.574. The maximum absolute atomic E-state index is 10.7. The van der Waals surface area contributed by atoms with Crippen LogP contribution >= 0.6 is 0 Å². The van der Waals surface area contributed by atoms with Gasteiger partial charge in [-0.3, -0.25) is 9.69 Å². The highest BCUT2D eigenvalue weighted by molar-refractivity contribution is 5.69. The highest BCUT2D eigenvalue weighted by Crippen LogP contribution is 2.26. The average Bonchev–Trinajstić information content (AvgIpc) is 3.09. The molecule has 0 amide bonds. The first kappa shape index (κ1) is 15.4. The number of methoxy groups -OCH3 is 1. The van der Waals surface area contributed by atoms with E-state index in [0.29, 0.717) is 19.2 Å². The minimum absolute atomic E-state index is 0.0185. The van der Waals surface area contributed by atoms with Crippen molar-refractivity contribution in [2.45, 2.75) is 38.0 Å². The first-order valence-electron chi connectivity index (χ1n) is 6.27. The fourth-order valence-corrected chi connectivity index (χ4v) is 1.84. The third-order valence-corrected chi connectivity index (χ3v) is 2.82. The lowest BCUT2D eigenvalue weighted by Gasteiger charge is -2.24. The van der Waals surface area contributed by atoms with Crippen molar-refractivity contribution in [1.82, 2.24) is 4.90 Å². The summed E-state index contributed by atoms with van der Waals surface area (Å²) in [5.74, 6) is -0.859. The van der Waals surface area contributed by atoms with Gasteiger partial charge in [0.15, 0.2) is 0 Å². The number of carbonyl (C=O) groups is 1. The van der Waals surface area contributed by atoms with Crippen molar-refractivity contribution in [2.75, 3.05) is 33.4 Å². The van der Waals surface area contributed by atoms with Crippen LogP contribution < -0.4 is 0 Å². The topological polar surface area (TPSA) is 79.2 Å². The first-order chi connectivity index (χ1) is 8.52. The predicted octanol–water partition coefficient (Wildman–Crippen LogP) is -0.0522. The Balaban J connectivity index is 2.23. The molecular formula is C12H23NO5. The van der Waals surface area contributed by atoms with Crippen LogP contribution in [-0.2, 0) is 14.3 Å². The number of aliphatic carboxylic acids is 1. The smallest absolute Gasteiger partial charge is 0.317 e. The summed E-state index contributed by atoms with van der Waals surface area (Å²) in [5.41, 5.74) is 0. The highest BCUT2D eigenvalue weighted by Gasteiger charge is 2.31. The summed E-state index contributed by atoms with van der Waals surface area (Å²) >= 11 is 0. The van der Waals surface area contributed by atoms with Crippen LogP contribution in [0.25, 0.3) is 0 Å². The van der Waals surface area contributed by atoms with Crippen molar-refractivity contribution in [1.29, 1.82) is 0 Å². The lowest BCUT2D eigenvalue weighted by molar-refractivity contribution is -0.139. The molecule has 0 spiro atoms. The molecular weight excluding hydrogens is 238 g/mol. The van der Waals surface area contributed by atoms with E-state index in [0.717, 1.165) is 12.8 Å². The number of ether oxygens (including phenoxy) is 2. The zero-order valence-electron chi connectivity index (χ0n) is 11.0. The molecule has 6 nitrogen and oxygen atoms in total. The van der Waals surface area contributed by atoms with Gasteiger partial charge in [-0.05, 0) is 19.8 Å². The van der Waals surface area contributed by atoms with E-state index in [1.807, 2.05) is 6.92 Å². The largest absolute Gasteiger partial charge is 0.480 e. The average molecular weight is 261 g/mol. The molecule has 2 N–H and O–H groups in total. The molecule has 0 radical (unpaired) electrons. The maximum Gasteiger partial charge on any atom is 0.317 e. The Morgan fingerprint density at radius 1 is 1.44 bits per heavy atom. The van der Waals surface area contributed by atoms with E-state index in [-0.39, 0.29) is 19.3 Å². The van der Waals surface area contributed by atoms with Crippen molar-refractivity contribution in [3.8, 4) is 0 Å². The molecule has 106 valence electrons. The molecule has 2 atom stereocenters. The molecule has 1 aliphatic rings. The Kier molecular flexibility index (Phi) is 6.56. The number of aliphatic hydroxyl groups is 1. The third-order valence-electron chi connectivity index (χ3n) is 2.82. The van der Waals surface area contributed by atoms with E-state index in [4.69, 9.17) is 14.6 Å². The summed E-state index contributed by atoms with van der Waals surface area (Å²) in [5, 5.41) is 18.6. The summed E-state index contributed by atoms with van der Waals surface area (Å²) in [4.78, 5) is 12.5. The second-order valence-corrected chi connectivity index (χ2v) is 4.81. The van der Waals surface area contributed by atoms with Crippen LogP contribution in [0.5, 0.6) is 0 Å². The molecule has 0 aliphatic heterocycles. The fourth-order valence-electron chi connectivity index (χ4n) is 1.84. The van der Waals surface area contributed by atoms with Crippen LogP contribution in [0.3, 0.4) is 0 Å². The number of hydrogen-bond acceptors (Lipinski definition) is 5. The number of hydrogen-bond donors (Lipinski definition) is 2. The third kappa shape index (κ3) is 6.30. The molecule has 2 unspecified atom stereocenters. The minimum atomic E-state index is -0.859. The standard InChI is InChI=1S/C12H23NO5/c1-9(7-17-2)18-8-11(14)5-13(6-12(15)16)10-3-4-10/h9-11,14H,3-8H2,1-2H3,(H,15,16). The molecule has 0 bridgehead atoms. The molecule has 1 rings (SSSR count). The Labute approximate surface area is 107 Å². The van der Waals surface area contributed by atoms with Gasteiger partial charge in [0.2, 0.25) is 0 Å². The fraction of sp³-hybridized carbons (Fsp3) is 0.917. The molecule has 0 aromatic carbocycles. The molecule has 0 aromatic heterocycles. The Morgan fingerprint density at radius 3 is 2.61 bits per heavy atom. The van der Waals surface area contributed by atoms with Crippen molar-refractivity contribution in [2.24, 2.45) is 0 Å². The van der Waals surface area contributed by atoms with E-state index in [1.165, 1.54) is 0 Å². The normalized spacial score (nSPS) is 18.9. The Bertz CT molecular complexity index is 257. The van der Waals surface area contributed by atoms with Gasteiger partial charge >= 0.3 is 5.97 Å². The van der Waals surface area contributed by atoms with Gasteiger partial charge in [0.05, 0.1) is 32.0 Å². The number of carboxylic acid groups (broad SMARTS) is 1. The molecule has 1 fully saturated rings. The van der Waals surface area contributed by atoms with Crippen LogP contribution in [0.15, 0.2) is 0 Å². The van der Waals surface area contributed by atoms with E-state index < -0.39 is 12.1 Å². The second-order valence-electron chi connectivity index (χ2n) is 4.81. The van der Waals surface area contributed by atoms with E-state index in [9.17, 15) is 9.90 Å². The summed E-state index contributed by atoms with van der Waals surface area (Å²) < 4.78 is 10.3. The van der Waals surface area contributed by atoms with Crippen LogP contribution in [0, 0.1) is 0 Å². The van der Waals surface area contributed by atoms with Gasteiger partial charge in [-0.2, -0.15) is 0 Å². The van der Waals surface area contributed by atoms with Gasteiger partial charge in [-0.25, -0.2) is 0 Å². The molecule has 1 aliphatic carbocycles. The van der Waals surface area contributed by atoms with Gasteiger partial charge < -0.3 is 19.7 Å². The summed E-state index contributed by atoms with van der Waals surface area (Å²) in [7, 11) is 1.60. The van der Waals surface area contributed by atoms with E-state index in [1.54, 1.807) is 12.0 Å². The molecule has 0 heterocycles. The van der Waals surface area contributed by atoms with Gasteiger partial charge in [-0.1, -0.05) is 0 Å². The molecule has 1 saturated carbocycles. The number of rotatable bonds is 10. The van der Waals surface area contributed by atoms with Crippen molar-refractivity contribution < 1.29 is 24.5 Å². The van der Waals surface area contributed by atoms with Crippen molar-refractivity contribution >= 4 is 5.97 Å². The minimum Gasteiger partial charge on any atom is -0.480 e. The highest BCUT2D eigenvalue weighted by atomic mass is 16.5. The Morgan fingerprint density at radius 2 is 2.11 bits per heavy atom. The summed E-state index contributed by atoms with van der Waals surface area (Å²) in [6.45, 7) is 2.87. The SMILES string of the molecule is COCC(C)OCC(O)CN(CC(=O)O)C1CC1. The van der Waals surface area contributed by atoms with Crippen LogP contribution in [0.2, 0.25) is 0 Å². The van der Waals surface area contributed by atoms with Crippen molar-refractivity contribution in [3.05, 3.63) is 0 Å². The molecule has 0 aromatic rings. The zero-order valence-corrected chi connectivity index (χ0v) is 11.0. The molecule has 0 saturated heterocycles. The summed E-state index contributed by atoms with van der Waals surface area (Å²) in [6, 6.07) is 0.312. The lowest BCUT2D eigenvalue weighted by Crippen LogP contribution is -2.40. The molecule has 18 heavy (non-hydrogen) atoms. The van der Waals surface area contributed by atoms with Crippen LogP contribution in [-0.4, -0.2) is 72.7 Å². The van der Waals surface area contributed by atoms with Gasteiger partial charge in [-0.15, -0.1) is 0 Å². The van der Waals surface area contributed by atoms with Crippen molar-refractivity contribution in [3.63, 3.8) is 0 Å². The second kappa shape index (κ2) is 7.68. The van der Waals surface area contributed by atoms with Crippen LogP contribution in [0.1, 0.15) is 19.8 Å². The van der Waals surface area contributed by atoms with Crippen LogP contribution in [0.4, 0.5) is 0 Å². The van der Waals surface area contributed by atoms with Gasteiger partial charge in [0.1, 0.15) is 0 Å². The zero-order chi connectivity index (χ0) is 13.5. The van der Waals surface area contributed by atoms with E-state index in [2.05, 4.69) is 0 Å². The number of nitrogens with zero attached hydrogens (tertiary/aromatic N) is 1. The van der Waals surface area contributed by atoms with E-state index >= 15 is 0 Å². The lowest BCUT2D eigenvalue weighted by atomic mass is 10.3. The first-order valence-corrected chi connectivity index (χ1v) is 6.27.